The lowest BCUT2D eigenvalue weighted by Gasteiger charge is -2.59. The van der Waals surface area contributed by atoms with Crippen LogP contribution in [-0.4, -0.2) is 30.6 Å². The molecule has 4 rings (SSSR count). The molecule has 3 saturated carbocycles. The summed E-state index contributed by atoms with van der Waals surface area (Å²) in [5.41, 5.74) is -1.53. The quantitative estimate of drug-likeness (QED) is 0.665. The second-order valence-corrected chi connectivity index (χ2v) is 9.70. The van der Waals surface area contributed by atoms with Crippen molar-refractivity contribution in [3.8, 4) is 0 Å². The Hall–Kier alpha value is -1.00. The number of hydrogen-bond acceptors (Lipinski definition) is 4. The lowest BCUT2D eigenvalue weighted by molar-refractivity contribution is -0.246. The van der Waals surface area contributed by atoms with Crippen LogP contribution in [0, 0.1) is 34.0 Å². The minimum atomic E-state index is -0.778. The van der Waals surface area contributed by atoms with E-state index in [1.165, 1.54) is 0 Å². The number of Topliss-reactive ketones (excluding diaryl/α,β-unsaturated/α-hetero) is 2. The largest absolute Gasteiger partial charge is 0.347 e. The first-order valence-corrected chi connectivity index (χ1v) is 10.2. The topological polar surface area (TPSA) is 52.6 Å². The van der Waals surface area contributed by atoms with Gasteiger partial charge in [-0.2, -0.15) is 0 Å². The van der Waals surface area contributed by atoms with Crippen molar-refractivity contribution in [2.75, 3.05) is 13.2 Å². The van der Waals surface area contributed by atoms with Crippen molar-refractivity contribution in [3.63, 3.8) is 0 Å². The standard InChI is InChI=1S/C22H32O4/c1-6-19(4)13-16(23)20(5)14(2)7-8-21(15(3)17(19)24)9-10-22(18(20)21)25-11-12-26-22/h6,14-15,18H,1,7-13H2,2-5H3/t14-,15-,18?,19+,20+,21+/m1/s1. The second kappa shape index (κ2) is 5.51. The third-order valence-corrected chi connectivity index (χ3v) is 8.79. The average Bonchev–Trinajstić information content (AvgIpc) is 3.23. The lowest BCUT2D eigenvalue weighted by Crippen LogP contribution is -2.63. The third kappa shape index (κ3) is 1.98. The van der Waals surface area contributed by atoms with Gasteiger partial charge in [0.25, 0.3) is 0 Å². The Morgan fingerprint density at radius 2 is 1.73 bits per heavy atom. The Morgan fingerprint density at radius 3 is 2.35 bits per heavy atom. The first-order chi connectivity index (χ1) is 12.2. The van der Waals surface area contributed by atoms with Crippen molar-refractivity contribution >= 4 is 11.6 Å². The van der Waals surface area contributed by atoms with Gasteiger partial charge in [0.2, 0.25) is 0 Å². The van der Waals surface area contributed by atoms with Crippen LogP contribution in [0.5, 0.6) is 0 Å². The number of allylic oxidation sites excluding steroid dienone is 1. The maximum absolute atomic E-state index is 13.7. The highest BCUT2D eigenvalue weighted by Crippen LogP contribution is 2.71. The SMILES string of the molecule is C=C[C@@]1(C)CC(=O)[C@@]2(C)C3C4(CC[C@@]3(CC[C@H]2C)[C@H](C)C1=O)OCCO4. The predicted octanol–water partition coefficient (Wildman–Crippen LogP) is 3.93. The van der Waals surface area contributed by atoms with Gasteiger partial charge in [0.05, 0.1) is 18.6 Å². The van der Waals surface area contributed by atoms with Gasteiger partial charge >= 0.3 is 0 Å². The van der Waals surface area contributed by atoms with E-state index >= 15 is 0 Å². The first-order valence-electron chi connectivity index (χ1n) is 10.2. The molecule has 4 fully saturated rings. The van der Waals surface area contributed by atoms with E-state index in [2.05, 4.69) is 27.4 Å². The van der Waals surface area contributed by atoms with E-state index < -0.39 is 16.6 Å². The zero-order chi connectivity index (χ0) is 19.0. The van der Waals surface area contributed by atoms with Crippen molar-refractivity contribution in [2.24, 2.45) is 34.0 Å². The molecule has 0 aromatic carbocycles. The fourth-order valence-electron chi connectivity index (χ4n) is 6.97. The van der Waals surface area contributed by atoms with Crippen LogP contribution in [0.2, 0.25) is 0 Å². The Labute approximate surface area is 156 Å². The summed E-state index contributed by atoms with van der Waals surface area (Å²) in [6.45, 7) is 13.4. The molecule has 6 atom stereocenters. The van der Waals surface area contributed by atoms with Crippen molar-refractivity contribution in [1.82, 2.24) is 0 Å². The van der Waals surface area contributed by atoms with Crippen molar-refractivity contribution < 1.29 is 19.1 Å². The smallest absolute Gasteiger partial charge is 0.172 e. The summed E-state index contributed by atoms with van der Waals surface area (Å²) in [7, 11) is 0. The highest BCUT2D eigenvalue weighted by atomic mass is 16.7. The molecule has 0 N–H and O–H groups in total. The number of carbonyl (C=O) groups is 2. The molecule has 3 aliphatic carbocycles. The molecule has 0 aromatic heterocycles. The van der Waals surface area contributed by atoms with Crippen LogP contribution in [0.4, 0.5) is 0 Å². The average molecular weight is 360 g/mol. The third-order valence-electron chi connectivity index (χ3n) is 8.79. The van der Waals surface area contributed by atoms with E-state index in [9.17, 15) is 9.59 Å². The number of rotatable bonds is 1. The van der Waals surface area contributed by atoms with Crippen LogP contribution in [0.1, 0.15) is 59.8 Å². The van der Waals surface area contributed by atoms with Gasteiger partial charge in [-0.1, -0.05) is 26.8 Å². The molecule has 0 radical (unpaired) electrons. The Kier molecular flexibility index (Phi) is 3.89. The molecule has 1 saturated heterocycles. The van der Waals surface area contributed by atoms with Crippen LogP contribution in [-0.2, 0) is 19.1 Å². The van der Waals surface area contributed by atoms with E-state index in [4.69, 9.17) is 9.47 Å². The Balaban J connectivity index is 1.95. The monoisotopic (exact) mass is 360 g/mol. The minimum absolute atomic E-state index is 0.0467. The van der Waals surface area contributed by atoms with Gasteiger partial charge in [0.15, 0.2) is 5.79 Å². The summed E-state index contributed by atoms with van der Waals surface area (Å²) < 4.78 is 12.4. The van der Waals surface area contributed by atoms with Gasteiger partial charge in [-0.3, -0.25) is 9.59 Å². The Bertz CT molecular complexity index is 663. The molecule has 2 bridgehead atoms. The van der Waals surface area contributed by atoms with Crippen LogP contribution < -0.4 is 0 Å². The predicted molar refractivity (Wildman–Crippen MR) is 98.4 cm³/mol. The van der Waals surface area contributed by atoms with E-state index in [0.29, 0.717) is 13.2 Å². The summed E-state index contributed by atoms with van der Waals surface area (Å²) in [4.78, 5) is 27.2. The normalized spacial score (nSPS) is 50.4. The molecule has 1 aliphatic heterocycles. The van der Waals surface area contributed by atoms with E-state index in [1.54, 1.807) is 6.08 Å². The van der Waals surface area contributed by atoms with Crippen LogP contribution in [0.15, 0.2) is 12.7 Å². The Morgan fingerprint density at radius 1 is 1.08 bits per heavy atom. The van der Waals surface area contributed by atoms with E-state index in [1.807, 2.05) is 6.92 Å². The number of hydrogen-bond donors (Lipinski definition) is 0. The fourth-order valence-corrected chi connectivity index (χ4v) is 6.97. The van der Waals surface area contributed by atoms with E-state index in [0.717, 1.165) is 25.7 Å². The first kappa shape index (κ1) is 18.4. The highest BCUT2D eigenvalue weighted by Gasteiger charge is 2.73. The van der Waals surface area contributed by atoms with Gasteiger partial charge in [-0.05, 0) is 37.5 Å². The summed E-state index contributed by atoms with van der Waals surface area (Å²) in [5, 5.41) is 0. The molecule has 144 valence electrons. The van der Waals surface area contributed by atoms with Crippen LogP contribution in [0.3, 0.4) is 0 Å². The summed E-state index contributed by atoms with van der Waals surface area (Å²) in [6.07, 6.45) is 5.58. The fraction of sp³-hybridized carbons (Fsp3) is 0.818. The molecule has 1 spiro atoms. The van der Waals surface area contributed by atoms with Gasteiger partial charge in [-0.25, -0.2) is 0 Å². The summed E-state index contributed by atoms with van der Waals surface area (Å²) in [5.74, 6) is -0.252. The molecule has 1 heterocycles. The number of ketones is 2. The number of ether oxygens (including phenoxy) is 2. The second-order valence-electron chi connectivity index (χ2n) is 9.70. The summed E-state index contributed by atoms with van der Waals surface area (Å²) >= 11 is 0. The molecular formula is C22H32O4. The zero-order valence-corrected chi connectivity index (χ0v) is 16.6. The molecule has 4 heteroatoms. The maximum atomic E-state index is 13.7. The van der Waals surface area contributed by atoms with E-state index in [-0.39, 0.29) is 41.2 Å². The van der Waals surface area contributed by atoms with Crippen molar-refractivity contribution in [2.45, 2.75) is 65.6 Å². The van der Waals surface area contributed by atoms with Gasteiger partial charge in [0, 0.05) is 30.1 Å². The molecule has 0 aromatic rings. The van der Waals surface area contributed by atoms with Gasteiger partial charge in [-0.15, -0.1) is 6.58 Å². The summed E-state index contributed by atoms with van der Waals surface area (Å²) in [6, 6.07) is 0. The highest BCUT2D eigenvalue weighted by molar-refractivity contribution is 5.97. The van der Waals surface area contributed by atoms with Crippen LogP contribution in [0.25, 0.3) is 0 Å². The molecule has 4 nitrogen and oxygen atoms in total. The lowest BCUT2D eigenvalue weighted by atomic mass is 9.44. The number of carbonyl (C=O) groups excluding carboxylic acids is 2. The minimum Gasteiger partial charge on any atom is -0.347 e. The van der Waals surface area contributed by atoms with Crippen LogP contribution >= 0.6 is 0 Å². The molecule has 4 aliphatic rings. The van der Waals surface area contributed by atoms with Gasteiger partial charge in [0.1, 0.15) is 11.6 Å². The molecular weight excluding hydrogens is 328 g/mol. The molecule has 26 heavy (non-hydrogen) atoms. The zero-order valence-electron chi connectivity index (χ0n) is 16.6. The van der Waals surface area contributed by atoms with Crippen molar-refractivity contribution in [1.29, 1.82) is 0 Å². The van der Waals surface area contributed by atoms with Gasteiger partial charge < -0.3 is 9.47 Å². The molecule has 0 amide bonds. The van der Waals surface area contributed by atoms with Crippen molar-refractivity contribution in [3.05, 3.63) is 12.7 Å². The maximum Gasteiger partial charge on any atom is 0.172 e. The molecule has 1 unspecified atom stereocenters.